The average Bonchev–Trinajstić information content (AvgIpc) is 2.30. The molecule has 0 radical (unpaired) electrons. The van der Waals surface area contributed by atoms with Crippen molar-refractivity contribution in [1.29, 1.82) is 0 Å². The second kappa shape index (κ2) is 5.11. The number of ether oxygens (including phenoxy) is 1. The summed E-state index contributed by atoms with van der Waals surface area (Å²) in [4.78, 5) is 8.25. The molecule has 0 unspecified atom stereocenters. The van der Waals surface area contributed by atoms with E-state index in [1.54, 1.807) is 24.5 Å². The molecule has 2 aromatic rings. The summed E-state index contributed by atoms with van der Waals surface area (Å²) in [6, 6.07) is 9.26. The zero-order valence-corrected chi connectivity index (χ0v) is 8.84. The van der Waals surface area contributed by atoms with Crippen molar-refractivity contribution in [3.8, 4) is 5.88 Å². The number of nitrogens with zero attached hydrogens (tertiary/aromatic N) is 2. The first kappa shape index (κ1) is 10.4. The summed E-state index contributed by atoms with van der Waals surface area (Å²) in [5.74, 6) is 0.552. The molecule has 0 aromatic carbocycles. The quantitative estimate of drug-likeness (QED) is 0.842. The molecule has 0 aliphatic heterocycles. The molecular weight excluding hydrogens is 202 g/mol. The summed E-state index contributed by atoms with van der Waals surface area (Å²) in [5, 5.41) is 0. The Morgan fingerprint density at radius 3 is 2.81 bits per heavy atom. The molecule has 0 amide bonds. The molecule has 0 fully saturated rings. The standard InChI is InChI=1S/C12H13N3O/c13-10-4-7-15-12(9-10)16-8-5-11-3-1-2-6-14-11/h1-4,6-7,9H,5,8H2,(H2,13,15). The fourth-order valence-electron chi connectivity index (χ4n) is 1.31. The molecule has 82 valence electrons. The van der Waals surface area contributed by atoms with Crippen LogP contribution in [0.15, 0.2) is 42.7 Å². The first-order valence-electron chi connectivity index (χ1n) is 5.09. The number of hydrogen-bond donors (Lipinski definition) is 1. The van der Waals surface area contributed by atoms with E-state index in [1.807, 2.05) is 18.2 Å². The van der Waals surface area contributed by atoms with Crippen molar-refractivity contribution in [1.82, 2.24) is 9.97 Å². The maximum atomic E-state index is 5.61. The lowest BCUT2D eigenvalue weighted by Crippen LogP contribution is -2.04. The van der Waals surface area contributed by atoms with Gasteiger partial charge < -0.3 is 10.5 Å². The first-order chi connectivity index (χ1) is 7.84. The predicted octanol–water partition coefficient (Wildman–Crippen LogP) is 1.68. The van der Waals surface area contributed by atoms with Gasteiger partial charge in [0.2, 0.25) is 5.88 Å². The van der Waals surface area contributed by atoms with Gasteiger partial charge in [-0.15, -0.1) is 0 Å². The van der Waals surface area contributed by atoms with Gasteiger partial charge in [-0.05, 0) is 18.2 Å². The highest BCUT2D eigenvalue weighted by molar-refractivity contribution is 5.39. The van der Waals surface area contributed by atoms with Crippen molar-refractivity contribution in [3.05, 3.63) is 48.4 Å². The highest BCUT2D eigenvalue weighted by atomic mass is 16.5. The smallest absolute Gasteiger partial charge is 0.215 e. The predicted molar refractivity (Wildman–Crippen MR) is 62.1 cm³/mol. The SMILES string of the molecule is Nc1ccnc(OCCc2ccccn2)c1. The zero-order chi connectivity index (χ0) is 11.2. The monoisotopic (exact) mass is 215 g/mol. The summed E-state index contributed by atoms with van der Waals surface area (Å²) in [6.45, 7) is 0.549. The van der Waals surface area contributed by atoms with Gasteiger partial charge in [0.25, 0.3) is 0 Å². The van der Waals surface area contributed by atoms with Crippen LogP contribution in [0.5, 0.6) is 5.88 Å². The topological polar surface area (TPSA) is 61.0 Å². The molecule has 0 saturated carbocycles. The minimum absolute atomic E-state index is 0.549. The Balaban J connectivity index is 1.85. The summed E-state index contributed by atoms with van der Waals surface area (Å²) < 4.78 is 5.46. The van der Waals surface area contributed by atoms with Gasteiger partial charge in [0, 0.05) is 36.3 Å². The van der Waals surface area contributed by atoms with Crippen LogP contribution < -0.4 is 10.5 Å². The summed E-state index contributed by atoms with van der Waals surface area (Å²) in [6.07, 6.45) is 4.16. The summed E-state index contributed by atoms with van der Waals surface area (Å²) in [7, 11) is 0. The van der Waals surface area contributed by atoms with Gasteiger partial charge >= 0.3 is 0 Å². The molecular formula is C12H13N3O. The van der Waals surface area contributed by atoms with E-state index >= 15 is 0 Å². The van der Waals surface area contributed by atoms with Gasteiger partial charge in [0.05, 0.1) is 6.61 Å². The van der Waals surface area contributed by atoms with Crippen LogP contribution in [0.2, 0.25) is 0 Å². The third-order valence-corrected chi connectivity index (χ3v) is 2.09. The van der Waals surface area contributed by atoms with Gasteiger partial charge in [-0.1, -0.05) is 6.07 Å². The van der Waals surface area contributed by atoms with Crippen molar-refractivity contribution in [2.24, 2.45) is 0 Å². The van der Waals surface area contributed by atoms with Crippen LogP contribution >= 0.6 is 0 Å². The molecule has 0 aliphatic rings. The van der Waals surface area contributed by atoms with Gasteiger partial charge in [-0.2, -0.15) is 0 Å². The molecule has 2 N–H and O–H groups in total. The van der Waals surface area contributed by atoms with Crippen LogP contribution in [0.3, 0.4) is 0 Å². The van der Waals surface area contributed by atoms with Crippen LogP contribution in [0.1, 0.15) is 5.69 Å². The maximum absolute atomic E-state index is 5.61. The first-order valence-corrected chi connectivity index (χ1v) is 5.09. The van der Waals surface area contributed by atoms with Gasteiger partial charge in [0.1, 0.15) is 0 Å². The van der Waals surface area contributed by atoms with E-state index in [0.29, 0.717) is 18.2 Å². The molecule has 4 nitrogen and oxygen atoms in total. The summed E-state index contributed by atoms with van der Waals surface area (Å²) >= 11 is 0. The number of pyridine rings is 2. The molecule has 0 atom stereocenters. The van der Waals surface area contributed by atoms with Gasteiger partial charge in [-0.3, -0.25) is 4.98 Å². The Morgan fingerprint density at radius 2 is 2.06 bits per heavy atom. The fourth-order valence-corrected chi connectivity index (χ4v) is 1.31. The van der Waals surface area contributed by atoms with E-state index in [-0.39, 0.29) is 0 Å². The number of nitrogen functional groups attached to an aromatic ring is 1. The third kappa shape index (κ3) is 2.95. The molecule has 4 heteroatoms. The van der Waals surface area contributed by atoms with E-state index in [1.165, 1.54) is 0 Å². The Kier molecular flexibility index (Phi) is 3.33. The lowest BCUT2D eigenvalue weighted by molar-refractivity contribution is 0.308. The second-order valence-electron chi connectivity index (χ2n) is 3.35. The molecule has 2 aromatic heterocycles. The van der Waals surface area contributed by atoms with E-state index in [2.05, 4.69) is 9.97 Å². The number of rotatable bonds is 4. The largest absolute Gasteiger partial charge is 0.477 e. The van der Waals surface area contributed by atoms with Crippen molar-refractivity contribution in [3.63, 3.8) is 0 Å². The highest BCUT2D eigenvalue weighted by Crippen LogP contribution is 2.10. The highest BCUT2D eigenvalue weighted by Gasteiger charge is 1.97. The zero-order valence-electron chi connectivity index (χ0n) is 8.84. The lowest BCUT2D eigenvalue weighted by atomic mass is 10.3. The van der Waals surface area contributed by atoms with Crippen molar-refractivity contribution >= 4 is 5.69 Å². The van der Waals surface area contributed by atoms with Gasteiger partial charge in [0.15, 0.2) is 0 Å². The molecule has 2 rings (SSSR count). The number of anilines is 1. The number of aromatic nitrogens is 2. The normalized spacial score (nSPS) is 10.0. The Labute approximate surface area is 94.1 Å². The van der Waals surface area contributed by atoms with E-state index in [9.17, 15) is 0 Å². The molecule has 0 saturated heterocycles. The Morgan fingerprint density at radius 1 is 1.12 bits per heavy atom. The van der Waals surface area contributed by atoms with Crippen LogP contribution in [-0.4, -0.2) is 16.6 Å². The van der Waals surface area contributed by atoms with Crippen molar-refractivity contribution in [2.45, 2.75) is 6.42 Å². The van der Waals surface area contributed by atoms with Crippen LogP contribution in [-0.2, 0) is 6.42 Å². The molecule has 16 heavy (non-hydrogen) atoms. The van der Waals surface area contributed by atoms with Crippen molar-refractivity contribution < 1.29 is 4.74 Å². The molecule has 2 heterocycles. The summed E-state index contributed by atoms with van der Waals surface area (Å²) in [5.41, 5.74) is 7.27. The van der Waals surface area contributed by atoms with Gasteiger partial charge in [-0.25, -0.2) is 4.98 Å². The minimum atomic E-state index is 0.549. The third-order valence-electron chi connectivity index (χ3n) is 2.09. The molecule has 0 spiro atoms. The van der Waals surface area contributed by atoms with Crippen LogP contribution in [0, 0.1) is 0 Å². The van der Waals surface area contributed by atoms with Crippen LogP contribution in [0.25, 0.3) is 0 Å². The van der Waals surface area contributed by atoms with Crippen LogP contribution in [0.4, 0.5) is 5.69 Å². The lowest BCUT2D eigenvalue weighted by Gasteiger charge is -2.04. The Bertz CT molecular complexity index is 445. The maximum Gasteiger partial charge on any atom is 0.215 e. The number of nitrogens with two attached hydrogens (primary N) is 1. The fraction of sp³-hybridized carbons (Fsp3) is 0.167. The Hall–Kier alpha value is -2.10. The molecule has 0 bridgehead atoms. The average molecular weight is 215 g/mol. The molecule has 0 aliphatic carbocycles. The van der Waals surface area contributed by atoms with Crippen molar-refractivity contribution in [2.75, 3.05) is 12.3 Å². The van der Waals surface area contributed by atoms with E-state index in [4.69, 9.17) is 10.5 Å². The van der Waals surface area contributed by atoms with E-state index in [0.717, 1.165) is 12.1 Å². The number of hydrogen-bond acceptors (Lipinski definition) is 4. The second-order valence-corrected chi connectivity index (χ2v) is 3.35. The minimum Gasteiger partial charge on any atom is -0.477 e. The van der Waals surface area contributed by atoms with E-state index < -0.39 is 0 Å².